The molecule has 1 heterocycles. The number of rotatable bonds is 3. The van der Waals surface area contributed by atoms with Crippen molar-refractivity contribution in [2.45, 2.75) is 0 Å². The maximum Gasteiger partial charge on any atom is 0.267 e. The number of hydrogen-bond donors (Lipinski definition) is 1. The highest BCUT2D eigenvalue weighted by molar-refractivity contribution is 7.17. The Labute approximate surface area is 125 Å². The van der Waals surface area contributed by atoms with Gasteiger partial charge in [-0.3, -0.25) is 4.79 Å². The van der Waals surface area contributed by atoms with E-state index in [0.717, 1.165) is 10.6 Å². The lowest BCUT2D eigenvalue weighted by molar-refractivity contribution is 0.103. The molecule has 0 spiro atoms. The van der Waals surface area contributed by atoms with Crippen LogP contribution in [0.3, 0.4) is 0 Å². The minimum Gasteiger partial charge on any atom is -0.319 e. The molecule has 0 saturated carbocycles. The molecule has 2 aromatic carbocycles. The van der Waals surface area contributed by atoms with Crippen molar-refractivity contribution in [1.82, 2.24) is 4.98 Å². The molecule has 0 aliphatic rings. The van der Waals surface area contributed by atoms with Crippen LogP contribution in [0.5, 0.6) is 0 Å². The molecule has 5 heteroatoms. The van der Waals surface area contributed by atoms with Crippen LogP contribution in [0.15, 0.2) is 60.8 Å². The van der Waals surface area contributed by atoms with Crippen molar-refractivity contribution in [2.75, 3.05) is 5.32 Å². The molecule has 21 heavy (non-hydrogen) atoms. The Hall–Kier alpha value is -2.53. The van der Waals surface area contributed by atoms with E-state index in [4.69, 9.17) is 0 Å². The van der Waals surface area contributed by atoms with Crippen LogP contribution in [0, 0.1) is 5.82 Å². The van der Waals surface area contributed by atoms with E-state index in [-0.39, 0.29) is 11.6 Å². The maximum absolute atomic E-state index is 13.5. The third kappa shape index (κ3) is 2.98. The number of nitrogens with one attached hydrogen (secondary N) is 1. The molecule has 1 amide bonds. The van der Waals surface area contributed by atoms with Crippen molar-refractivity contribution in [3.8, 4) is 10.6 Å². The highest BCUT2D eigenvalue weighted by Crippen LogP contribution is 2.25. The fourth-order valence-corrected chi connectivity index (χ4v) is 2.66. The van der Waals surface area contributed by atoms with Crippen LogP contribution in [0.25, 0.3) is 10.6 Å². The van der Waals surface area contributed by atoms with Crippen molar-refractivity contribution in [1.29, 1.82) is 0 Å². The van der Waals surface area contributed by atoms with Crippen LogP contribution in [-0.4, -0.2) is 10.9 Å². The smallest absolute Gasteiger partial charge is 0.267 e. The fraction of sp³-hybridized carbons (Fsp3) is 0. The zero-order valence-corrected chi connectivity index (χ0v) is 11.7. The van der Waals surface area contributed by atoms with Gasteiger partial charge in [0.25, 0.3) is 5.91 Å². The van der Waals surface area contributed by atoms with Gasteiger partial charge in [0.2, 0.25) is 0 Å². The lowest BCUT2D eigenvalue weighted by Gasteiger charge is -2.03. The average Bonchev–Trinajstić information content (AvgIpc) is 3.00. The number of thiazole rings is 1. The predicted octanol–water partition coefficient (Wildman–Crippen LogP) is 4.20. The number of para-hydroxylation sites is 1. The van der Waals surface area contributed by atoms with E-state index >= 15 is 0 Å². The number of amides is 1. The van der Waals surface area contributed by atoms with Crippen molar-refractivity contribution in [3.05, 3.63) is 71.5 Å². The number of carbonyl (C=O) groups is 1. The SMILES string of the molecule is O=C(Nc1ccccc1F)c1cnc(-c2ccccc2)s1. The number of halogens is 1. The maximum atomic E-state index is 13.5. The van der Waals surface area contributed by atoms with Gasteiger partial charge in [0.05, 0.1) is 11.9 Å². The molecule has 0 saturated heterocycles. The first-order valence-corrected chi connectivity index (χ1v) is 7.13. The van der Waals surface area contributed by atoms with E-state index in [1.165, 1.54) is 29.7 Å². The Bertz CT molecular complexity index is 771. The molecule has 0 aliphatic carbocycles. The second-order valence-corrected chi connectivity index (χ2v) is 5.36. The zero-order chi connectivity index (χ0) is 14.7. The van der Waals surface area contributed by atoms with Gasteiger partial charge in [-0.2, -0.15) is 0 Å². The molecule has 3 rings (SSSR count). The topological polar surface area (TPSA) is 42.0 Å². The molecular weight excluding hydrogens is 287 g/mol. The summed E-state index contributed by atoms with van der Waals surface area (Å²) in [7, 11) is 0. The zero-order valence-electron chi connectivity index (χ0n) is 10.9. The number of carbonyl (C=O) groups excluding carboxylic acids is 1. The number of aromatic nitrogens is 1. The Morgan fingerprint density at radius 1 is 1.05 bits per heavy atom. The van der Waals surface area contributed by atoms with Crippen LogP contribution in [0.4, 0.5) is 10.1 Å². The molecule has 0 atom stereocenters. The van der Waals surface area contributed by atoms with E-state index in [9.17, 15) is 9.18 Å². The van der Waals surface area contributed by atoms with Gasteiger partial charge in [0.15, 0.2) is 0 Å². The summed E-state index contributed by atoms with van der Waals surface area (Å²) in [5.41, 5.74) is 1.12. The molecule has 0 unspecified atom stereocenters. The fourth-order valence-electron chi connectivity index (χ4n) is 1.84. The van der Waals surface area contributed by atoms with Gasteiger partial charge in [0, 0.05) is 5.56 Å². The van der Waals surface area contributed by atoms with Crippen molar-refractivity contribution < 1.29 is 9.18 Å². The van der Waals surface area contributed by atoms with Crippen LogP contribution in [0.1, 0.15) is 9.67 Å². The van der Waals surface area contributed by atoms with E-state index in [0.29, 0.717) is 4.88 Å². The van der Waals surface area contributed by atoms with E-state index in [1.54, 1.807) is 12.1 Å². The van der Waals surface area contributed by atoms with Gasteiger partial charge >= 0.3 is 0 Å². The third-order valence-corrected chi connectivity index (χ3v) is 3.92. The second kappa shape index (κ2) is 5.85. The van der Waals surface area contributed by atoms with Gasteiger partial charge in [-0.1, -0.05) is 42.5 Å². The highest BCUT2D eigenvalue weighted by atomic mass is 32.1. The molecule has 104 valence electrons. The quantitative estimate of drug-likeness (QED) is 0.787. The molecule has 0 bridgehead atoms. The summed E-state index contributed by atoms with van der Waals surface area (Å²) in [6, 6.07) is 15.7. The molecule has 1 aromatic heterocycles. The minimum absolute atomic E-state index is 0.164. The normalized spacial score (nSPS) is 10.3. The number of nitrogens with zero attached hydrogens (tertiary/aromatic N) is 1. The van der Waals surface area contributed by atoms with Crippen molar-refractivity contribution in [2.24, 2.45) is 0 Å². The number of benzene rings is 2. The lowest BCUT2D eigenvalue weighted by atomic mass is 10.2. The molecule has 1 N–H and O–H groups in total. The summed E-state index contributed by atoms with van der Waals surface area (Å²) < 4.78 is 13.5. The second-order valence-electron chi connectivity index (χ2n) is 4.33. The van der Waals surface area contributed by atoms with Crippen LogP contribution < -0.4 is 5.32 Å². The Morgan fingerprint density at radius 2 is 1.76 bits per heavy atom. The van der Waals surface area contributed by atoms with Gasteiger partial charge in [-0.05, 0) is 12.1 Å². The van der Waals surface area contributed by atoms with Crippen LogP contribution >= 0.6 is 11.3 Å². The van der Waals surface area contributed by atoms with E-state index < -0.39 is 5.82 Å². The summed E-state index contributed by atoms with van der Waals surface area (Å²) in [6.07, 6.45) is 1.50. The molecule has 3 aromatic rings. The van der Waals surface area contributed by atoms with Gasteiger partial charge in [0.1, 0.15) is 15.7 Å². The van der Waals surface area contributed by atoms with E-state index in [2.05, 4.69) is 10.3 Å². The Balaban J connectivity index is 1.80. The molecule has 0 radical (unpaired) electrons. The molecule has 3 nitrogen and oxygen atoms in total. The highest BCUT2D eigenvalue weighted by Gasteiger charge is 2.13. The van der Waals surface area contributed by atoms with Crippen molar-refractivity contribution >= 4 is 22.9 Å². The summed E-state index contributed by atoms with van der Waals surface area (Å²) in [5, 5.41) is 3.31. The monoisotopic (exact) mass is 298 g/mol. The number of anilines is 1. The average molecular weight is 298 g/mol. The van der Waals surface area contributed by atoms with E-state index in [1.807, 2.05) is 30.3 Å². The summed E-state index contributed by atoms with van der Waals surface area (Å²) in [5.74, 6) is -0.821. The first-order valence-electron chi connectivity index (χ1n) is 6.31. The molecule has 0 aliphatic heterocycles. The van der Waals surface area contributed by atoms with Crippen molar-refractivity contribution in [3.63, 3.8) is 0 Å². The lowest BCUT2D eigenvalue weighted by Crippen LogP contribution is -2.11. The summed E-state index contributed by atoms with van der Waals surface area (Å²) >= 11 is 1.27. The first kappa shape index (κ1) is 13.5. The van der Waals surface area contributed by atoms with Gasteiger partial charge < -0.3 is 5.32 Å². The third-order valence-electron chi connectivity index (χ3n) is 2.87. The van der Waals surface area contributed by atoms with Crippen LogP contribution in [-0.2, 0) is 0 Å². The summed E-state index contributed by atoms with van der Waals surface area (Å²) in [4.78, 5) is 16.8. The number of hydrogen-bond acceptors (Lipinski definition) is 3. The Kier molecular flexibility index (Phi) is 3.75. The predicted molar refractivity (Wildman–Crippen MR) is 81.9 cm³/mol. The largest absolute Gasteiger partial charge is 0.319 e. The molecular formula is C16H11FN2OS. The van der Waals surface area contributed by atoms with Crippen LogP contribution in [0.2, 0.25) is 0 Å². The standard InChI is InChI=1S/C16H11FN2OS/c17-12-8-4-5-9-13(12)19-15(20)14-10-18-16(21-14)11-6-2-1-3-7-11/h1-10H,(H,19,20). The Morgan fingerprint density at radius 3 is 2.52 bits per heavy atom. The minimum atomic E-state index is -0.460. The molecule has 0 fully saturated rings. The van der Waals surface area contributed by atoms with Gasteiger partial charge in [-0.15, -0.1) is 11.3 Å². The summed E-state index contributed by atoms with van der Waals surface area (Å²) in [6.45, 7) is 0. The first-order chi connectivity index (χ1) is 10.2. The van der Waals surface area contributed by atoms with Gasteiger partial charge in [-0.25, -0.2) is 9.37 Å².